The van der Waals surface area contributed by atoms with Gasteiger partial charge in [0.1, 0.15) is 6.04 Å². The lowest BCUT2D eigenvalue weighted by Gasteiger charge is -2.25. The van der Waals surface area contributed by atoms with E-state index in [1.165, 1.54) is 0 Å². The Morgan fingerprint density at radius 1 is 1.39 bits per heavy atom. The summed E-state index contributed by atoms with van der Waals surface area (Å²) in [7, 11) is 0. The number of rotatable bonds is 4. The van der Waals surface area contributed by atoms with Gasteiger partial charge in [-0.2, -0.15) is 0 Å². The van der Waals surface area contributed by atoms with Gasteiger partial charge in [-0.05, 0) is 31.4 Å². The molecule has 98 valence electrons. The van der Waals surface area contributed by atoms with Crippen LogP contribution < -0.4 is 0 Å². The third kappa shape index (κ3) is 2.71. The Labute approximate surface area is 107 Å². The van der Waals surface area contributed by atoms with Crippen molar-refractivity contribution in [2.24, 2.45) is 5.92 Å². The molecular weight excluding hydrogens is 230 g/mol. The molecule has 1 aromatic rings. The molecule has 0 spiro atoms. The predicted octanol–water partition coefficient (Wildman–Crippen LogP) is 1.52. The molecule has 1 fully saturated rings. The van der Waals surface area contributed by atoms with Gasteiger partial charge in [-0.1, -0.05) is 30.3 Å². The molecule has 0 radical (unpaired) electrons. The maximum atomic E-state index is 11.5. The Morgan fingerprint density at radius 3 is 2.56 bits per heavy atom. The minimum atomic E-state index is -0.826. The molecule has 1 aliphatic rings. The van der Waals surface area contributed by atoms with Crippen molar-refractivity contribution in [3.8, 4) is 0 Å². The summed E-state index contributed by atoms with van der Waals surface area (Å²) in [6.07, 6.45) is 0.481. The summed E-state index contributed by atoms with van der Waals surface area (Å²) < 4.78 is 0. The Morgan fingerprint density at radius 2 is 2.06 bits per heavy atom. The molecule has 1 heterocycles. The van der Waals surface area contributed by atoms with E-state index in [1.54, 1.807) is 6.92 Å². The number of aliphatic hydroxyl groups excluding tert-OH is 1. The van der Waals surface area contributed by atoms with Crippen molar-refractivity contribution in [1.82, 2.24) is 4.90 Å². The zero-order chi connectivity index (χ0) is 13.1. The van der Waals surface area contributed by atoms with E-state index in [2.05, 4.69) is 0 Å². The van der Waals surface area contributed by atoms with Crippen LogP contribution in [-0.2, 0) is 4.79 Å². The molecular formula is C14H19NO3. The fraction of sp³-hybridized carbons (Fsp3) is 0.500. The van der Waals surface area contributed by atoms with Crippen LogP contribution in [0.15, 0.2) is 30.3 Å². The molecule has 2 rings (SSSR count). The van der Waals surface area contributed by atoms with Crippen LogP contribution in [0.25, 0.3) is 0 Å². The van der Waals surface area contributed by atoms with Gasteiger partial charge in [0, 0.05) is 6.54 Å². The number of carboxylic acid groups (broad SMARTS) is 1. The number of nitrogens with zero attached hydrogens (tertiary/aromatic N) is 1. The predicted molar refractivity (Wildman–Crippen MR) is 68.2 cm³/mol. The number of aliphatic carboxylic acids is 1. The lowest BCUT2D eigenvalue weighted by atomic mass is 10.0. The van der Waals surface area contributed by atoms with E-state index in [0.29, 0.717) is 6.54 Å². The van der Waals surface area contributed by atoms with Crippen molar-refractivity contribution in [2.45, 2.75) is 25.5 Å². The first-order valence-electron chi connectivity index (χ1n) is 6.29. The highest BCUT2D eigenvalue weighted by atomic mass is 16.4. The summed E-state index contributed by atoms with van der Waals surface area (Å²) in [5.41, 5.74) is 0.802. The monoisotopic (exact) mass is 249 g/mol. The van der Waals surface area contributed by atoms with Crippen LogP contribution in [-0.4, -0.2) is 40.3 Å². The second kappa shape index (κ2) is 5.50. The van der Waals surface area contributed by atoms with Gasteiger partial charge in [-0.3, -0.25) is 9.69 Å². The number of hydrogen-bond acceptors (Lipinski definition) is 3. The molecule has 1 aliphatic heterocycles. The van der Waals surface area contributed by atoms with E-state index >= 15 is 0 Å². The zero-order valence-electron chi connectivity index (χ0n) is 10.5. The van der Waals surface area contributed by atoms with E-state index in [9.17, 15) is 15.0 Å². The number of benzene rings is 1. The standard InChI is InChI=1S/C14H19NO3/c1-10(16)12-7-8-15(9-12)13(14(17)18)11-5-3-2-4-6-11/h2-6,10,12-13,16H,7-9H2,1H3,(H,17,18). The van der Waals surface area contributed by atoms with Gasteiger partial charge in [0.15, 0.2) is 0 Å². The third-order valence-corrected chi connectivity index (χ3v) is 3.65. The number of aliphatic hydroxyl groups is 1. The Kier molecular flexibility index (Phi) is 3.99. The minimum absolute atomic E-state index is 0.176. The average molecular weight is 249 g/mol. The molecule has 3 unspecified atom stereocenters. The highest BCUT2D eigenvalue weighted by Gasteiger charge is 2.34. The normalized spacial score (nSPS) is 23.8. The largest absolute Gasteiger partial charge is 0.480 e. The second-order valence-corrected chi connectivity index (χ2v) is 4.94. The highest BCUT2D eigenvalue weighted by molar-refractivity contribution is 5.75. The van der Waals surface area contributed by atoms with Crippen LogP contribution in [0.3, 0.4) is 0 Å². The maximum Gasteiger partial charge on any atom is 0.325 e. The molecule has 0 bridgehead atoms. The molecule has 1 aromatic carbocycles. The molecule has 18 heavy (non-hydrogen) atoms. The van der Waals surface area contributed by atoms with Crippen molar-refractivity contribution in [3.63, 3.8) is 0 Å². The molecule has 0 aliphatic carbocycles. The molecule has 0 saturated carbocycles. The average Bonchev–Trinajstić information content (AvgIpc) is 2.79. The van der Waals surface area contributed by atoms with Crippen LogP contribution in [0, 0.1) is 5.92 Å². The minimum Gasteiger partial charge on any atom is -0.480 e. The van der Waals surface area contributed by atoms with Gasteiger partial charge < -0.3 is 10.2 Å². The quantitative estimate of drug-likeness (QED) is 0.849. The number of hydrogen-bond donors (Lipinski definition) is 2. The van der Waals surface area contributed by atoms with Crippen LogP contribution in [0.5, 0.6) is 0 Å². The van der Waals surface area contributed by atoms with Crippen molar-refractivity contribution in [1.29, 1.82) is 0 Å². The van der Waals surface area contributed by atoms with Crippen molar-refractivity contribution < 1.29 is 15.0 Å². The Bertz CT molecular complexity index is 405. The number of likely N-dealkylation sites (tertiary alicyclic amines) is 1. The molecule has 0 aromatic heterocycles. The first-order valence-corrected chi connectivity index (χ1v) is 6.29. The van der Waals surface area contributed by atoms with Gasteiger partial charge >= 0.3 is 5.97 Å². The van der Waals surface area contributed by atoms with Gasteiger partial charge in [-0.25, -0.2) is 0 Å². The second-order valence-electron chi connectivity index (χ2n) is 4.94. The SMILES string of the molecule is CC(O)C1CCN(C(C(=O)O)c2ccccc2)C1. The van der Waals surface area contributed by atoms with E-state index < -0.39 is 12.0 Å². The van der Waals surface area contributed by atoms with Gasteiger partial charge in [0.2, 0.25) is 0 Å². The summed E-state index contributed by atoms with van der Waals surface area (Å²) in [6, 6.07) is 8.67. The van der Waals surface area contributed by atoms with Crippen LogP contribution in [0.4, 0.5) is 0 Å². The topological polar surface area (TPSA) is 60.8 Å². The van der Waals surface area contributed by atoms with Gasteiger partial charge in [0.05, 0.1) is 6.10 Å². The summed E-state index contributed by atoms with van der Waals surface area (Å²) in [6.45, 7) is 3.14. The molecule has 1 saturated heterocycles. The van der Waals surface area contributed by atoms with Crippen molar-refractivity contribution >= 4 is 5.97 Å². The Hall–Kier alpha value is -1.39. The summed E-state index contributed by atoms with van der Waals surface area (Å²) in [5, 5.41) is 19.0. The van der Waals surface area contributed by atoms with Crippen LogP contribution >= 0.6 is 0 Å². The molecule has 4 nitrogen and oxygen atoms in total. The van der Waals surface area contributed by atoms with Crippen LogP contribution in [0.2, 0.25) is 0 Å². The summed E-state index contributed by atoms with van der Waals surface area (Å²) in [4.78, 5) is 13.4. The number of carboxylic acids is 1. The van der Waals surface area contributed by atoms with Crippen LogP contribution in [0.1, 0.15) is 24.9 Å². The number of carbonyl (C=O) groups is 1. The van der Waals surface area contributed by atoms with E-state index in [4.69, 9.17) is 0 Å². The fourth-order valence-corrected chi connectivity index (χ4v) is 2.59. The fourth-order valence-electron chi connectivity index (χ4n) is 2.59. The Balaban J connectivity index is 2.16. The van der Waals surface area contributed by atoms with Gasteiger partial charge in [-0.15, -0.1) is 0 Å². The van der Waals surface area contributed by atoms with E-state index in [-0.39, 0.29) is 12.0 Å². The molecule has 3 atom stereocenters. The highest BCUT2D eigenvalue weighted by Crippen LogP contribution is 2.29. The maximum absolute atomic E-state index is 11.5. The summed E-state index contributed by atoms with van der Waals surface area (Å²) >= 11 is 0. The van der Waals surface area contributed by atoms with Crippen molar-refractivity contribution in [3.05, 3.63) is 35.9 Å². The van der Waals surface area contributed by atoms with Crippen molar-refractivity contribution in [2.75, 3.05) is 13.1 Å². The third-order valence-electron chi connectivity index (χ3n) is 3.65. The summed E-state index contributed by atoms with van der Waals surface area (Å²) in [5.74, 6) is -0.650. The van der Waals surface area contributed by atoms with Gasteiger partial charge in [0.25, 0.3) is 0 Å². The first kappa shape index (κ1) is 13.1. The first-order chi connectivity index (χ1) is 8.59. The van der Waals surface area contributed by atoms with E-state index in [0.717, 1.165) is 18.5 Å². The molecule has 2 N–H and O–H groups in total. The molecule has 0 amide bonds. The lowest BCUT2D eigenvalue weighted by molar-refractivity contribution is -0.143. The molecule has 4 heteroatoms. The zero-order valence-corrected chi connectivity index (χ0v) is 10.5. The lowest BCUT2D eigenvalue weighted by Crippen LogP contribution is -2.33. The smallest absolute Gasteiger partial charge is 0.325 e. The van der Waals surface area contributed by atoms with E-state index in [1.807, 2.05) is 35.2 Å².